The summed E-state index contributed by atoms with van der Waals surface area (Å²) < 4.78 is 0. The van der Waals surface area contributed by atoms with Gasteiger partial charge in [0.05, 0.1) is 0 Å². The molecule has 78 valence electrons. The van der Waals surface area contributed by atoms with Gasteiger partial charge < -0.3 is 4.90 Å². The summed E-state index contributed by atoms with van der Waals surface area (Å²) in [5.41, 5.74) is 2.22. The van der Waals surface area contributed by atoms with Crippen LogP contribution in [0.4, 0.5) is 0 Å². The summed E-state index contributed by atoms with van der Waals surface area (Å²) in [6.07, 6.45) is 1.08. The molecule has 1 aromatic carbocycles. The first-order valence-electron chi connectivity index (χ1n) is 5.56. The lowest BCUT2D eigenvalue weighted by Gasteiger charge is -2.25. The number of likely N-dealkylation sites (tertiary alicyclic amines) is 1. The highest BCUT2D eigenvalue weighted by molar-refractivity contribution is 6.00. The number of carbonyl (C=O) groups is 1. The van der Waals surface area contributed by atoms with Crippen LogP contribution in [-0.2, 0) is 6.42 Å². The second kappa shape index (κ2) is 3.17. The van der Waals surface area contributed by atoms with Crippen molar-refractivity contribution in [1.29, 1.82) is 0 Å². The van der Waals surface area contributed by atoms with E-state index in [1.165, 1.54) is 5.56 Å². The second-order valence-electron chi connectivity index (χ2n) is 4.81. The largest absolute Gasteiger partial charge is 0.305 e. The van der Waals surface area contributed by atoms with E-state index in [-0.39, 0.29) is 5.92 Å². The maximum Gasteiger partial charge on any atom is 0.167 e. The molecule has 1 aliphatic heterocycles. The van der Waals surface area contributed by atoms with Crippen LogP contribution >= 0.6 is 0 Å². The molecule has 1 fully saturated rings. The number of carbonyl (C=O) groups excluding carboxylic acids is 1. The first-order chi connectivity index (χ1) is 7.25. The summed E-state index contributed by atoms with van der Waals surface area (Å²) in [5, 5.41) is 0. The van der Waals surface area contributed by atoms with E-state index in [1.54, 1.807) is 0 Å². The van der Waals surface area contributed by atoms with Gasteiger partial charge in [0, 0.05) is 24.6 Å². The maximum absolute atomic E-state index is 12.2. The summed E-state index contributed by atoms with van der Waals surface area (Å²) in [4.78, 5) is 14.5. The van der Waals surface area contributed by atoms with Crippen molar-refractivity contribution in [2.75, 3.05) is 20.1 Å². The number of Topliss-reactive ketones (excluding diaryl/α,β-unsaturated/α-hetero) is 1. The average Bonchev–Trinajstić information content (AvgIpc) is 2.59. The topological polar surface area (TPSA) is 20.3 Å². The van der Waals surface area contributed by atoms with E-state index in [1.807, 2.05) is 18.2 Å². The Labute approximate surface area is 89.9 Å². The molecule has 3 rings (SSSR count). The number of nitrogens with zero attached hydrogens (tertiary/aromatic N) is 1. The molecule has 1 aliphatic carbocycles. The molecule has 15 heavy (non-hydrogen) atoms. The number of ketones is 1. The minimum atomic E-state index is 0.255. The van der Waals surface area contributed by atoms with Crippen LogP contribution in [0.5, 0.6) is 0 Å². The number of benzene rings is 1. The fourth-order valence-corrected chi connectivity index (χ4v) is 3.01. The van der Waals surface area contributed by atoms with Crippen LogP contribution in [0.15, 0.2) is 24.3 Å². The van der Waals surface area contributed by atoms with Crippen molar-refractivity contribution in [3.05, 3.63) is 35.4 Å². The Hall–Kier alpha value is -1.15. The molecular formula is C13H15NO. The van der Waals surface area contributed by atoms with Gasteiger partial charge in [0.15, 0.2) is 5.78 Å². The smallest absolute Gasteiger partial charge is 0.167 e. The molecule has 1 aromatic rings. The lowest BCUT2D eigenvalue weighted by molar-refractivity contribution is 0.0885. The molecule has 0 aromatic heterocycles. The molecule has 0 bridgehead atoms. The quantitative estimate of drug-likeness (QED) is 0.635. The molecule has 0 saturated carbocycles. The molecule has 2 atom stereocenters. The molecule has 1 heterocycles. The van der Waals surface area contributed by atoms with Crippen LogP contribution < -0.4 is 0 Å². The number of hydrogen-bond acceptors (Lipinski definition) is 2. The van der Waals surface area contributed by atoms with Crippen LogP contribution in [0.1, 0.15) is 15.9 Å². The standard InChI is InChI=1S/C13H15NO/c1-14-7-10-6-9-4-2-3-5-11(9)13(15)12(10)8-14/h2-5,10,12H,6-8H2,1H3. The molecule has 2 heteroatoms. The number of fused-ring (bicyclic) bond motifs is 2. The molecule has 1 saturated heterocycles. The number of rotatable bonds is 0. The van der Waals surface area contributed by atoms with Crippen LogP contribution in [0.2, 0.25) is 0 Å². The van der Waals surface area contributed by atoms with Crippen LogP contribution in [-0.4, -0.2) is 30.8 Å². The second-order valence-corrected chi connectivity index (χ2v) is 4.81. The van der Waals surface area contributed by atoms with Gasteiger partial charge in [-0.1, -0.05) is 24.3 Å². The lowest BCUT2D eigenvalue weighted by atomic mass is 9.77. The first-order valence-corrected chi connectivity index (χ1v) is 5.56. The lowest BCUT2D eigenvalue weighted by Crippen LogP contribution is -2.30. The van der Waals surface area contributed by atoms with E-state index >= 15 is 0 Å². The Balaban J connectivity index is 2.03. The first kappa shape index (κ1) is 9.10. The highest BCUT2D eigenvalue weighted by Gasteiger charge is 2.40. The third-order valence-electron chi connectivity index (χ3n) is 3.73. The molecule has 0 spiro atoms. The van der Waals surface area contributed by atoms with Crippen LogP contribution in [0.25, 0.3) is 0 Å². The van der Waals surface area contributed by atoms with Crippen molar-refractivity contribution in [1.82, 2.24) is 4.90 Å². The Kier molecular flexibility index (Phi) is 1.93. The average molecular weight is 201 g/mol. The van der Waals surface area contributed by atoms with Crippen LogP contribution in [0, 0.1) is 11.8 Å². The summed E-state index contributed by atoms with van der Waals surface area (Å²) >= 11 is 0. The fourth-order valence-electron chi connectivity index (χ4n) is 3.01. The molecule has 2 aliphatic rings. The van der Waals surface area contributed by atoms with Gasteiger partial charge in [0.1, 0.15) is 0 Å². The van der Waals surface area contributed by atoms with Gasteiger partial charge >= 0.3 is 0 Å². The van der Waals surface area contributed by atoms with Gasteiger partial charge in [0.2, 0.25) is 0 Å². The fraction of sp³-hybridized carbons (Fsp3) is 0.462. The predicted octanol–water partition coefficient (Wildman–Crippen LogP) is 1.60. The third kappa shape index (κ3) is 1.32. The Morgan fingerprint density at radius 2 is 2.07 bits per heavy atom. The van der Waals surface area contributed by atoms with E-state index < -0.39 is 0 Å². The monoisotopic (exact) mass is 201 g/mol. The third-order valence-corrected chi connectivity index (χ3v) is 3.73. The van der Waals surface area contributed by atoms with Gasteiger partial charge in [-0.25, -0.2) is 0 Å². The van der Waals surface area contributed by atoms with Crippen molar-refractivity contribution in [3.8, 4) is 0 Å². The summed E-state index contributed by atoms with van der Waals surface area (Å²) in [6.45, 7) is 2.02. The van der Waals surface area contributed by atoms with Crippen molar-refractivity contribution in [2.45, 2.75) is 6.42 Å². The Morgan fingerprint density at radius 1 is 1.27 bits per heavy atom. The predicted molar refractivity (Wildman–Crippen MR) is 59.0 cm³/mol. The highest BCUT2D eigenvalue weighted by Crippen LogP contribution is 2.34. The van der Waals surface area contributed by atoms with Crippen molar-refractivity contribution < 1.29 is 4.79 Å². The molecule has 2 nitrogen and oxygen atoms in total. The van der Waals surface area contributed by atoms with Crippen LogP contribution in [0.3, 0.4) is 0 Å². The van der Waals surface area contributed by atoms with E-state index in [0.717, 1.165) is 25.1 Å². The molecule has 0 N–H and O–H groups in total. The zero-order valence-electron chi connectivity index (χ0n) is 8.94. The zero-order valence-corrected chi connectivity index (χ0v) is 8.94. The minimum Gasteiger partial charge on any atom is -0.305 e. The van der Waals surface area contributed by atoms with Crippen molar-refractivity contribution in [2.24, 2.45) is 11.8 Å². The van der Waals surface area contributed by atoms with E-state index in [2.05, 4.69) is 18.0 Å². The SMILES string of the molecule is CN1CC2Cc3ccccc3C(=O)C2C1. The summed E-state index contributed by atoms with van der Waals surface area (Å²) in [6, 6.07) is 8.08. The maximum atomic E-state index is 12.2. The molecule has 2 unspecified atom stereocenters. The molecule has 0 radical (unpaired) electrons. The van der Waals surface area contributed by atoms with Gasteiger partial charge in [0.25, 0.3) is 0 Å². The molecular weight excluding hydrogens is 186 g/mol. The van der Waals surface area contributed by atoms with Gasteiger partial charge in [-0.15, -0.1) is 0 Å². The highest BCUT2D eigenvalue weighted by atomic mass is 16.1. The van der Waals surface area contributed by atoms with Gasteiger partial charge in [-0.05, 0) is 24.9 Å². The normalized spacial score (nSPS) is 30.1. The van der Waals surface area contributed by atoms with E-state index in [9.17, 15) is 4.79 Å². The van der Waals surface area contributed by atoms with E-state index in [4.69, 9.17) is 0 Å². The Bertz CT molecular complexity index is 413. The van der Waals surface area contributed by atoms with Crippen molar-refractivity contribution in [3.63, 3.8) is 0 Å². The van der Waals surface area contributed by atoms with Crippen molar-refractivity contribution >= 4 is 5.78 Å². The number of hydrogen-bond donors (Lipinski definition) is 0. The summed E-state index contributed by atoms with van der Waals surface area (Å²) in [7, 11) is 2.11. The molecule has 0 amide bonds. The summed E-state index contributed by atoms with van der Waals surface area (Å²) in [5.74, 6) is 1.17. The zero-order chi connectivity index (χ0) is 10.4. The van der Waals surface area contributed by atoms with E-state index in [0.29, 0.717) is 11.7 Å². The van der Waals surface area contributed by atoms with Gasteiger partial charge in [-0.2, -0.15) is 0 Å². The van der Waals surface area contributed by atoms with Gasteiger partial charge in [-0.3, -0.25) is 4.79 Å². The Morgan fingerprint density at radius 3 is 2.93 bits per heavy atom. The minimum absolute atomic E-state index is 0.255.